The summed E-state index contributed by atoms with van der Waals surface area (Å²) in [4.78, 5) is 4.41. The van der Waals surface area contributed by atoms with Gasteiger partial charge in [0.05, 0.1) is 20.4 Å². The Kier molecular flexibility index (Phi) is 5.26. The molecule has 0 aliphatic rings. The van der Waals surface area contributed by atoms with Crippen LogP contribution in [0.4, 0.5) is 17.5 Å². The molecule has 0 saturated heterocycles. The number of hydrogen-bond donors (Lipinski definition) is 2. The zero-order chi connectivity index (χ0) is 17.5. The van der Waals surface area contributed by atoms with Gasteiger partial charge in [0.2, 0.25) is 5.95 Å². The Bertz CT molecular complexity index is 827. The van der Waals surface area contributed by atoms with Crippen LogP contribution in [0.2, 0.25) is 0 Å². The third-order valence-electron chi connectivity index (χ3n) is 3.51. The number of hydrogen-bond acceptors (Lipinski definition) is 7. The van der Waals surface area contributed by atoms with E-state index in [0.717, 1.165) is 11.3 Å². The Morgan fingerprint density at radius 2 is 1.76 bits per heavy atom. The van der Waals surface area contributed by atoms with Crippen LogP contribution in [0.1, 0.15) is 5.56 Å². The van der Waals surface area contributed by atoms with E-state index in [1.807, 2.05) is 48.5 Å². The van der Waals surface area contributed by atoms with Gasteiger partial charge in [0.1, 0.15) is 0 Å². The van der Waals surface area contributed by atoms with Crippen LogP contribution in [-0.2, 0) is 6.54 Å². The molecule has 0 saturated carbocycles. The Hall–Kier alpha value is -3.35. The molecule has 7 nitrogen and oxygen atoms in total. The quantitative estimate of drug-likeness (QED) is 0.685. The second-order valence-corrected chi connectivity index (χ2v) is 5.20. The van der Waals surface area contributed by atoms with Crippen molar-refractivity contribution in [3.63, 3.8) is 0 Å². The second-order valence-electron chi connectivity index (χ2n) is 5.20. The Balaban J connectivity index is 1.66. The molecule has 0 aliphatic heterocycles. The van der Waals surface area contributed by atoms with Gasteiger partial charge >= 0.3 is 0 Å². The predicted molar refractivity (Wildman–Crippen MR) is 96.4 cm³/mol. The molecule has 3 rings (SSSR count). The van der Waals surface area contributed by atoms with Crippen LogP contribution in [0.25, 0.3) is 0 Å². The number of nitrogens with zero attached hydrogens (tertiary/aromatic N) is 3. The number of aromatic nitrogens is 3. The SMILES string of the molecule is COc1ccc(CNc2cnnc(Nc3ccccc3)n2)cc1OC. The van der Waals surface area contributed by atoms with Crippen molar-refractivity contribution >= 4 is 17.5 Å². The summed E-state index contributed by atoms with van der Waals surface area (Å²) in [6, 6.07) is 15.5. The molecule has 0 aliphatic carbocycles. The van der Waals surface area contributed by atoms with E-state index in [1.54, 1.807) is 20.4 Å². The highest BCUT2D eigenvalue weighted by Crippen LogP contribution is 2.27. The number of para-hydroxylation sites is 1. The van der Waals surface area contributed by atoms with Crippen LogP contribution in [0.15, 0.2) is 54.7 Å². The lowest BCUT2D eigenvalue weighted by molar-refractivity contribution is 0.354. The molecule has 7 heteroatoms. The maximum Gasteiger partial charge on any atom is 0.249 e. The minimum atomic E-state index is 0.434. The molecule has 0 atom stereocenters. The van der Waals surface area contributed by atoms with Crippen molar-refractivity contribution < 1.29 is 9.47 Å². The Morgan fingerprint density at radius 1 is 0.960 bits per heavy atom. The summed E-state index contributed by atoms with van der Waals surface area (Å²) >= 11 is 0. The number of rotatable bonds is 7. The molecule has 0 radical (unpaired) electrons. The third kappa shape index (κ3) is 4.35. The van der Waals surface area contributed by atoms with Gasteiger partial charge in [0.15, 0.2) is 17.3 Å². The summed E-state index contributed by atoms with van der Waals surface area (Å²) < 4.78 is 10.6. The average molecular weight is 337 g/mol. The van der Waals surface area contributed by atoms with Gasteiger partial charge in [-0.15, -0.1) is 5.10 Å². The van der Waals surface area contributed by atoms with Gasteiger partial charge in [-0.2, -0.15) is 10.1 Å². The lowest BCUT2D eigenvalue weighted by Gasteiger charge is -2.11. The summed E-state index contributed by atoms with van der Waals surface area (Å²) in [5.41, 5.74) is 1.94. The van der Waals surface area contributed by atoms with Crippen molar-refractivity contribution in [3.05, 3.63) is 60.3 Å². The minimum Gasteiger partial charge on any atom is -0.493 e. The van der Waals surface area contributed by atoms with E-state index in [-0.39, 0.29) is 0 Å². The maximum atomic E-state index is 5.31. The summed E-state index contributed by atoms with van der Waals surface area (Å²) in [6.45, 7) is 0.573. The van der Waals surface area contributed by atoms with Gasteiger partial charge in [0.25, 0.3) is 0 Å². The molecule has 128 valence electrons. The first-order valence-corrected chi connectivity index (χ1v) is 7.75. The van der Waals surface area contributed by atoms with Gasteiger partial charge in [0, 0.05) is 12.2 Å². The van der Waals surface area contributed by atoms with Crippen LogP contribution in [0.5, 0.6) is 11.5 Å². The third-order valence-corrected chi connectivity index (χ3v) is 3.51. The molecular weight excluding hydrogens is 318 g/mol. The van der Waals surface area contributed by atoms with E-state index in [1.165, 1.54) is 0 Å². The molecule has 0 spiro atoms. The summed E-state index contributed by atoms with van der Waals surface area (Å²) in [6.07, 6.45) is 1.58. The first kappa shape index (κ1) is 16.5. The van der Waals surface area contributed by atoms with Crippen LogP contribution < -0.4 is 20.1 Å². The zero-order valence-electron chi connectivity index (χ0n) is 14.1. The van der Waals surface area contributed by atoms with E-state index in [9.17, 15) is 0 Å². The highest BCUT2D eigenvalue weighted by Gasteiger charge is 2.05. The van der Waals surface area contributed by atoms with E-state index < -0.39 is 0 Å². The van der Waals surface area contributed by atoms with E-state index in [4.69, 9.17) is 9.47 Å². The largest absolute Gasteiger partial charge is 0.493 e. The van der Waals surface area contributed by atoms with Crippen LogP contribution in [-0.4, -0.2) is 29.4 Å². The topological polar surface area (TPSA) is 81.2 Å². The molecule has 1 aromatic heterocycles. The summed E-state index contributed by atoms with van der Waals surface area (Å²) in [5, 5.41) is 14.3. The Labute approximate surface area is 146 Å². The molecule has 0 amide bonds. The van der Waals surface area contributed by atoms with Gasteiger partial charge in [-0.3, -0.25) is 0 Å². The minimum absolute atomic E-state index is 0.434. The van der Waals surface area contributed by atoms with Gasteiger partial charge in [-0.25, -0.2) is 0 Å². The standard InChI is InChI=1S/C18H19N5O2/c1-24-15-9-8-13(10-16(15)25-2)11-19-17-12-20-23-18(22-17)21-14-6-4-3-5-7-14/h3-10,12H,11H2,1-2H3,(H2,19,21,22,23). The van der Waals surface area contributed by atoms with Crippen LogP contribution >= 0.6 is 0 Å². The van der Waals surface area contributed by atoms with Crippen molar-refractivity contribution in [1.29, 1.82) is 0 Å². The fourth-order valence-corrected chi connectivity index (χ4v) is 2.28. The van der Waals surface area contributed by atoms with Gasteiger partial charge < -0.3 is 20.1 Å². The van der Waals surface area contributed by atoms with E-state index in [2.05, 4.69) is 25.8 Å². The summed E-state index contributed by atoms with van der Waals surface area (Å²) in [7, 11) is 3.23. The number of methoxy groups -OCH3 is 2. The number of ether oxygens (including phenoxy) is 2. The van der Waals surface area contributed by atoms with Gasteiger partial charge in [-0.05, 0) is 29.8 Å². The molecule has 0 fully saturated rings. The predicted octanol–water partition coefficient (Wildman–Crippen LogP) is 3.24. The van der Waals surface area contributed by atoms with Crippen molar-refractivity contribution in [2.45, 2.75) is 6.54 Å². The van der Waals surface area contributed by atoms with Crippen LogP contribution in [0.3, 0.4) is 0 Å². The lowest BCUT2D eigenvalue weighted by atomic mass is 10.2. The smallest absolute Gasteiger partial charge is 0.249 e. The molecule has 0 unspecified atom stereocenters. The fourth-order valence-electron chi connectivity index (χ4n) is 2.28. The molecule has 2 N–H and O–H groups in total. The van der Waals surface area contributed by atoms with E-state index in [0.29, 0.717) is 29.8 Å². The maximum absolute atomic E-state index is 5.31. The Morgan fingerprint density at radius 3 is 2.52 bits per heavy atom. The van der Waals surface area contributed by atoms with E-state index >= 15 is 0 Å². The summed E-state index contributed by atoms with van der Waals surface area (Å²) in [5.74, 6) is 2.45. The number of anilines is 3. The molecule has 1 heterocycles. The first-order chi connectivity index (χ1) is 12.3. The molecule has 3 aromatic rings. The van der Waals surface area contributed by atoms with Crippen molar-refractivity contribution in [3.8, 4) is 11.5 Å². The number of benzene rings is 2. The molecule has 2 aromatic carbocycles. The number of nitrogens with one attached hydrogen (secondary N) is 2. The lowest BCUT2D eigenvalue weighted by Crippen LogP contribution is -2.06. The first-order valence-electron chi connectivity index (χ1n) is 7.75. The second kappa shape index (κ2) is 7.96. The molecule has 25 heavy (non-hydrogen) atoms. The monoisotopic (exact) mass is 337 g/mol. The van der Waals surface area contributed by atoms with Crippen molar-refractivity contribution in [1.82, 2.24) is 15.2 Å². The van der Waals surface area contributed by atoms with Crippen molar-refractivity contribution in [2.75, 3.05) is 24.9 Å². The zero-order valence-corrected chi connectivity index (χ0v) is 14.1. The normalized spacial score (nSPS) is 10.2. The van der Waals surface area contributed by atoms with Gasteiger partial charge in [-0.1, -0.05) is 24.3 Å². The average Bonchev–Trinajstić information content (AvgIpc) is 2.67. The van der Waals surface area contributed by atoms with Crippen LogP contribution in [0, 0.1) is 0 Å². The fraction of sp³-hybridized carbons (Fsp3) is 0.167. The van der Waals surface area contributed by atoms with Crippen molar-refractivity contribution in [2.24, 2.45) is 0 Å². The molecular formula is C18H19N5O2. The highest BCUT2D eigenvalue weighted by atomic mass is 16.5. The highest BCUT2D eigenvalue weighted by molar-refractivity contribution is 5.53. The molecule has 0 bridgehead atoms.